The van der Waals surface area contributed by atoms with Crippen molar-refractivity contribution in [3.8, 4) is 0 Å². The van der Waals surface area contributed by atoms with Crippen LogP contribution in [0.5, 0.6) is 0 Å². The second-order valence-electron chi connectivity index (χ2n) is 6.76. The highest BCUT2D eigenvalue weighted by molar-refractivity contribution is 5.77. The van der Waals surface area contributed by atoms with Gasteiger partial charge in [-0.05, 0) is 44.7 Å². The molecule has 0 aromatic carbocycles. The van der Waals surface area contributed by atoms with Crippen LogP contribution in [0.2, 0.25) is 0 Å². The third-order valence-electron chi connectivity index (χ3n) is 5.10. The minimum Gasteiger partial charge on any atom is -0.378 e. The van der Waals surface area contributed by atoms with Crippen molar-refractivity contribution in [1.82, 2.24) is 15.1 Å². The Morgan fingerprint density at radius 3 is 2.57 bits per heavy atom. The molecule has 3 heterocycles. The van der Waals surface area contributed by atoms with Crippen molar-refractivity contribution in [3.63, 3.8) is 0 Å². The molecule has 0 saturated carbocycles. The van der Waals surface area contributed by atoms with Gasteiger partial charge < -0.3 is 19.9 Å². The summed E-state index contributed by atoms with van der Waals surface area (Å²) in [5, 5.41) is 3.37. The number of ether oxygens (including phenoxy) is 1. The summed E-state index contributed by atoms with van der Waals surface area (Å²) in [5.41, 5.74) is 0. The highest BCUT2D eigenvalue weighted by atomic mass is 16.5. The lowest BCUT2D eigenvalue weighted by Crippen LogP contribution is -2.47. The number of amides is 1. The van der Waals surface area contributed by atoms with E-state index >= 15 is 0 Å². The molecule has 0 spiro atoms. The van der Waals surface area contributed by atoms with E-state index in [-0.39, 0.29) is 6.04 Å². The molecule has 120 valence electrons. The Morgan fingerprint density at radius 2 is 1.90 bits per heavy atom. The van der Waals surface area contributed by atoms with Crippen LogP contribution < -0.4 is 5.32 Å². The first-order valence-corrected chi connectivity index (χ1v) is 8.62. The highest BCUT2D eigenvalue weighted by Gasteiger charge is 2.27. The number of carbonyl (C=O) groups excluding carboxylic acids is 1. The monoisotopic (exact) mass is 295 g/mol. The molecule has 3 aliphatic rings. The number of carbonyl (C=O) groups is 1. The van der Waals surface area contributed by atoms with Crippen molar-refractivity contribution in [1.29, 1.82) is 0 Å². The van der Waals surface area contributed by atoms with Crippen LogP contribution in [-0.4, -0.2) is 74.2 Å². The number of nitrogens with one attached hydrogen (secondary N) is 1. The average molecular weight is 295 g/mol. The van der Waals surface area contributed by atoms with E-state index in [2.05, 4.69) is 15.1 Å². The van der Waals surface area contributed by atoms with Gasteiger partial charge in [0.1, 0.15) is 0 Å². The maximum Gasteiger partial charge on any atom is 0.224 e. The van der Waals surface area contributed by atoms with Gasteiger partial charge in [0.25, 0.3) is 0 Å². The molecule has 1 atom stereocenters. The van der Waals surface area contributed by atoms with Crippen molar-refractivity contribution in [2.75, 3.05) is 52.5 Å². The lowest BCUT2D eigenvalue weighted by Gasteiger charge is -2.35. The van der Waals surface area contributed by atoms with Gasteiger partial charge in [0.05, 0.1) is 13.2 Å². The number of hydrogen-bond acceptors (Lipinski definition) is 4. The molecule has 0 radical (unpaired) electrons. The third-order valence-corrected chi connectivity index (χ3v) is 5.10. The van der Waals surface area contributed by atoms with Crippen molar-refractivity contribution in [2.24, 2.45) is 5.92 Å². The van der Waals surface area contributed by atoms with E-state index in [9.17, 15) is 4.79 Å². The van der Waals surface area contributed by atoms with Crippen LogP contribution in [0.4, 0.5) is 0 Å². The molecule has 1 unspecified atom stereocenters. The van der Waals surface area contributed by atoms with Gasteiger partial charge in [-0.25, -0.2) is 0 Å². The van der Waals surface area contributed by atoms with E-state index in [0.29, 0.717) is 18.9 Å². The molecule has 3 rings (SSSR count). The minimum atomic E-state index is 0.216. The second kappa shape index (κ2) is 7.56. The number of likely N-dealkylation sites (tertiary alicyclic amines) is 2. The Balaban J connectivity index is 1.37. The Labute approximate surface area is 128 Å². The molecule has 3 fully saturated rings. The van der Waals surface area contributed by atoms with E-state index in [1.807, 2.05) is 0 Å². The van der Waals surface area contributed by atoms with Gasteiger partial charge >= 0.3 is 0 Å². The molecule has 1 amide bonds. The van der Waals surface area contributed by atoms with Gasteiger partial charge in [-0.1, -0.05) is 0 Å². The van der Waals surface area contributed by atoms with E-state index < -0.39 is 0 Å². The zero-order chi connectivity index (χ0) is 14.5. The Hall–Kier alpha value is -0.650. The van der Waals surface area contributed by atoms with E-state index in [4.69, 9.17) is 4.74 Å². The third kappa shape index (κ3) is 4.41. The SMILES string of the molecule is O=C(CC1COCCN1)N1CCC(CN2CCCC2)CC1. The maximum atomic E-state index is 12.3. The van der Waals surface area contributed by atoms with Gasteiger partial charge in [0.15, 0.2) is 0 Å². The van der Waals surface area contributed by atoms with Gasteiger partial charge in [-0.15, -0.1) is 0 Å². The second-order valence-corrected chi connectivity index (χ2v) is 6.76. The topological polar surface area (TPSA) is 44.8 Å². The number of nitrogens with zero attached hydrogens (tertiary/aromatic N) is 2. The smallest absolute Gasteiger partial charge is 0.224 e. The lowest BCUT2D eigenvalue weighted by atomic mass is 9.96. The van der Waals surface area contributed by atoms with E-state index in [1.165, 1.54) is 45.3 Å². The molecule has 3 saturated heterocycles. The number of morpholine rings is 1. The summed E-state index contributed by atoms with van der Waals surface area (Å²) in [6.07, 6.45) is 5.69. The summed E-state index contributed by atoms with van der Waals surface area (Å²) >= 11 is 0. The largest absolute Gasteiger partial charge is 0.378 e. The number of rotatable bonds is 4. The molecular formula is C16H29N3O2. The van der Waals surface area contributed by atoms with Crippen LogP contribution in [0.25, 0.3) is 0 Å². The van der Waals surface area contributed by atoms with Crippen molar-refractivity contribution < 1.29 is 9.53 Å². The van der Waals surface area contributed by atoms with E-state index in [1.54, 1.807) is 0 Å². The van der Waals surface area contributed by atoms with Crippen LogP contribution >= 0.6 is 0 Å². The zero-order valence-corrected chi connectivity index (χ0v) is 13.1. The van der Waals surface area contributed by atoms with Gasteiger partial charge in [-0.2, -0.15) is 0 Å². The molecule has 1 N–H and O–H groups in total. The van der Waals surface area contributed by atoms with Gasteiger partial charge in [0, 0.05) is 38.6 Å². The molecule has 0 aromatic rings. The van der Waals surface area contributed by atoms with Gasteiger partial charge in [-0.3, -0.25) is 4.79 Å². The van der Waals surface area contributed by atoms with Crippen molar-refractivity contribution >= 4 is 5.91 Å². The summed E-state index contributed by atoms with van der Waals surface area (Å²) in [4.78, 5) is 17.0. The predicted octanol–water partition coefficient (Wildman–Crippen LogP) is 0.699. The molecule has 5 heteroatoms. The summed E-state index contributed by atoms with van der Waals surface area (Å²) in [6.45, 7) is 8.04. The number of piperidine rings is 1. The summed E-state index contributed by atoms with van der Waals surface area (Å²) in [5.74, 6) is 1.10. The average Bonchev–Trinajstić information content (AvgIpc) is 3.02. The van der Waals surface area contributed by atoms with Crippen LogP contribution in [0, 0.1) is 5.92 Å². The maximum absolute atomic E-state index is 12.3. The Morgan fingerprint density at radius 1 is 1.14 bits per heavy atom. The molecule has 0 aromatic heterocycles. The van der Waals surface area contributed by atoms with Crippen molar-refractivity contribution in [3.05, 3.63) is 0 Å². The van der Waals surface area contributed by atoms with Crippen molar-refractivity contribution in [2.45, 2.75) is 38.1 Å². The fraction of sp³-hybridized carbons (Fsp3) is 0.938. The first-order valence-electron chi connectivity index (χ1n) is 8.62. The minimum absolute atomic E-state index is 0.216. The lowest BCUT2D eigenvalue weighted by molar-refractivity contribution is -0.133. The van der Waals surface area contributed by atoms with Crippen LogP contribution in [0.15, 0.2) is 0 Å². The standard InChI is InChI=1S/C16H29N3O2/c20-16(11-15-13-21-10-5-17-15)19-8-3-14(4-9-19)12-18-6-1-2-7-18/h14-15,17H,1-13H2. The van der Waals surface area contributed by atoms with Crippen LogP contribution in [0.3, 0.4) is 0 Å². The summed E-state index contributed by atoms with van der Waals surface area (Å²) < 4.78 is 5.42. The van der Waals surface area contributed by atoms with Crippen LogP contribution in [0.1, 0.15) is 32.1 Å². The zero-order valence-electron chi connectivity index (χ0n) is 13.1. The fourth-order valence-corrected chi connectivity index (χ4v) is 3.79. The Kier molecular flexibility index (Phi) is 5.49. The van der Waals surface area contributed by atoms with Gasteiger partial charge in [0.2, 0.25) is 5.91 Å². The summed E-state index contributed by atoms with van der Waals surface area (Å²) in [7, 11) is 0. The predicted molar refractivity (Wildman–Crippen MR) is 82.2 cm³/mol. The summed E-state index contributed by atoms with van der Waals surface area (Å²) in [6, 6.07) is 0.216. The highest BCUT2D eigenvalue weighted by Crippen LogP contribution is 2.21. The Bertz CT molecular complexity index is 330. The first-order chi connectivity index (χ1) is 10.3. The molecule has 21 heavy (non-hydrogen) atoms. The van der Waals surface area contributed by atoms with Crippen LogP contribution in [-0.2, 0) is 9.53 Å². The molecule has 5 nitrogen and oxygen atoms in total. The normalized spacial score (nSPS) is 29.0. The number of hydrogen-bond donors (Lipinski definition) is 1. The fourth-order valence-electron chi connectivity index (χ4n) is 3.79. The quantitative estimate of drug-likeness (QED) is 0.829. The van der Waals surface area contributed by atoms with E-state index in [0.717, 1.165) is 32.2 Å². The molecule has 3 aliphatic heterocycles. The molecular weight excluding hydrogens is 266 g/mol. The molecule has 0 aliphatic carbocycles. The molecule has 0 bridgehead atoms. The first kappa shape index (κ1) is 15.3.